The first-order valence-electron chi connectivity index (χ1n) is 11.1. The third-order valence-electron chi connectivity index (χ3n) is 6.25. The van der Waals surface area contributed by atoms with Crippen LogP contribution in [0.3, 0.4) is 0 Å². The Balaban J connectivity index is 1.47. The van der Waals surface area contributed by atoms with Crippen molar-refractivity contribution in [3.8, 4) is 0 Å². The number of piperazine rings is 1. The second-order valence-electron chi connectivity index (χ2n) is 8.47. The first-order valence-corrected chi connectivity index (χ1v) is 11.4. The molecule has 8 nitrogen and oxygen atoms in total. The third kappa shape index (κ3) is 4.24. The summed E-state index contributed by atoms with van der Waals surface area (Å²) in [7, 11) is 1.58. The summed E-state index contributed by atoms with van der Waals surface area (Å²) in [6.45, 7) is 4.06. The van der Waals surface area contributed by atoms with Crippen LogP contribution < -0.4 is 16.1 Å². The number of aromatic nitrogens is 4. The van der Waals surface area contributed by atoms with E-state index in [4.69, 9.17) is 16.6 Å². The number of anilines is 1. The first-order chi connectivity index (χ1) is 16.4. The summed E-state index contributed by atoms with van der Waals surface area (Å²) < 4.78 is 16.6. The maximum atomic E-state index is 13.4. The Kier molecular flexibility index (Phi) is 5.97. The van der Waals surface area contributed by atoms with E-state index in [0.29, 0.717) is 36.7 Å². The number of hydrogen-bond donors (Lipinski definition) is 1. The van der Waals surface area contributed by atoms with Gasteiger partial charge in [-0.05, 0) is 29.3 Å². The molecule has 2 aromatic heterocycles. The zero-order valence-corrected chi connectivity index (χ0v) is 19.4. The number of H-pyrrole nitrogens is 1. The van der Waals surface area contributed by atoms with E-state index in [2.05, 4.69) is 14.8 Å². The molecule has 0 atom stereocenters. The van der Waals surface area contributed by atoms with Crippen molar-refractivity contribution in [1.82, 2.24) is 24.0 Å². The molecule has 34 heavy (non-hydrogen) atoms. The number of aryl methyl sites for hydroxylation is 1. The van der Waals surface area contributed by atoms with E-state index < -0.39 is 11.2 Å². The molecular weight excluding hydrogens is 459 g/mol. The summed E-state index contributed by atoms with van der Waals surface area (Å²) in [6.07, 6.45) is 0. The van der Waals surface area contributed by atoms with Crippen molar-refractivity contribution in [2.24, 2.45) is 7.05 Å². The number of halogens is 2. The standard InChI is InChI=1S/C24H24ClFN6O2/c1-29-21-20(22(33)28-24(29)34)32(14-16-6-8-18(26)9-7-16)23(27-21)31-12-10-30(11-13-31)15-17-4-2-3-5-19(17)25/h2-9H,10-15H2,1H3,(H,28,33,34). The first kappa shape index (κ1) is 22.4. The molecule has 0 amide bonds. The van der Waals surface area contributed by atoms with Crippen LogP contribution in [-0.4, -0.2) is 50.2 Å². The molecule has 1 fully saturated rings. The highest BCUT2D eigenvalue weighted by molar-refractivity contribution is 6.31. The maximum Gasteiger partial charge on any atom is 0.329 e. The SMILES string of the molecule is Cn1c(=O)[nH]c(=O)c2c1nc(N1CCN(Cc3ccccc3Cl)CC1)n2Cc1ccc(F)cc1. The summed E-state index contributed by atoms with van der Waals surface area (Å²) in [5, 5.41) is 0.756. The minimum Gasteiger partial charge on any atom is -0.340 e. The molecule has 5 rings (SSSR count). The number of nitrogens with one attached hydrogen (secondary N) is 1. The van der Waals surface area contributed by atoms with Gasteiger partial charge in [0.15, 0.2) is 11.2 Å². The van der Waals surface area contributed by atoms with Crippen molar-refractivity contribution >= 4 is 28.7 Å². The quantitative estimate of drug-likeness (QED) is 0.473. The van der Waals surface area contributed by atoms with Gasteiger partial charge in [-0.15, -0.1) is 0 Å². The van der Waals surface area contributed by atoms with Crippen molar-refractivity contribution < 1.29 is 4.39 Å². The van der Waals surface area contributed by atoms with E-state index in [-0.39, 0.29) is 5.82 Å². The predicted molar refractivity (Wildman–Crippen MR) is 130 cm³/mol. The van der Waals surface area contributed by atoms with Gasteiger partial charge in [0, 0.05) is 44.8 Å². The van der Waals surface area contributed by atoms with E-state index in [1.807, 2.05) is 28.8 Å². The molecule has 1 aliphatic rings. The molecule has 0 unspecified atom stereocenters. The number of benzene rings is 2. The zero-order valence-electron chi connectivity index (χ0n) is 18.7. The topological polar surface area (TPSA) is 79.2 Å². The van der Waals surface area contributed by atoms with Gasteiger partial charge in [0.25, 0.3) is 5.56 Å². The largest absolute Gasteiger partial charge is 0.340 e. The van der Waals surface area contributed by atoms with Crippen LogP contribution >= 0.6 is 11.6 Å². The molecule has 0 bridgehead atoms. The normalized spacial score (nSPS) is 14.7. The van der Waals surface area contributed by atoms with Gasteiger partial charge < -0.3 is 4.90 Å². The van der Waals surface area contributed by atoms with Gasteiger partial charge in [0.2, 0.25) is 5.95 Å². The van der Waals surface area contributed by atoms with Gasteiger partial charge in [0.1, 0.15) is 5.82 Å². The van der Waals surface area contributed by atoms with Gasteiger partial charge in [-0.1, -0.05) is 41.9 Å². The van der Waals surface area contributed by atoms with Crippen LogP contribution in [0.2, 0.25) is 5.02 Å². The van der Waals surface area contributed by atoms with E-state index in [1.54, 1.807) is 19.2 Å². The molecule has 0 saturated carbocycles. The summed E-state index contributed by atoms with van der Waals surface area (Å²) in [5.74, 6) is 0.290. The fourth-order valence-corrected chi connectivity index (χ4v) is 4.56. The van der Waals surface area contributed by atoms with Crippen LogP contribution in [0, 0.1) is 5.82 Å². The monoisotopic (exact) mass is 482 g/mol. The van der Waals surface area contributed by atoms with Crippen LogP contribution in [0.5, 0.6) is 0 Å². The second-order valence-corrected chi connectivity index (χ2v) is 8.88. The summed E-state index contributed by atoms with van der Waals surface area (Å²) in [5.41, 5.74) is 1.55. The predicted octanol–water partition coefficient (Wildman–Crippen LogP) is 2.59. The Labute approximate surface area is 199 Å². The summed E-state index contributed by atoms with van der Waals surface area (Å²) in [4.78, 5) is 36.5. The highest BCUT2D eigenvalue weighted by Crippen LogP contribution is 2.24. The summed E-state index contributed by atoms with van der Waals surface area (Å²) >= 11 is 6.33. The maximum absolute atomic E-state index is 13.4. The molecule has 2 aromatic carbocycles. The van der Waals surface area contributed by atoms with E-state index in [9.17, 15) is 14.0 Å². The highest BCUT2D eigenvalue weighted by Gasteiger charge is 2.25. The van der Waals surface area contributed by atoms with E-state index in [0.717, 1.165) is 35.8 Å². The van der Waals surface area contributed by atoms with Crippen LogP contribution in [0.15, 0.2) is 58.1 Å². The average molecular weight is 483 g/mol. The fraction of sp³-hybridized carbons (Fsp3) is 0.292. The van der Waals surface area contributed by atoms with Crippen molar-refractivity contribution in [2.45, 2.75) is 13.1 Å². The fourth-order valence-electron chi connectivity index (χ4n) is 4.36. The Morgan fingerprint density at radius 3 is 2.41 bits per heavy atom. The van der Waals surface area contributed by atoms with Gasteiger partial charge >= 0.3 is 5.69 Å². The van der Waals surface area contributed by atoms with Gasteiger partial charge in [-0.25, -0.2) is 9.18 Å². The van der Waals surface area contributed by atoms with Crippen LogP contribution in [0.25, 0.3) is 11.2 Å². The minimum absolute atomic E-state index is 0.319. The lowest BCUT2D eigenvalue weighted by Gasteiger charge is -2.35. The summed E-state index contributed by atoms with van der Waals surface area (Å²) in [6, 6.07) is 14.0. The van der Waals surface area contributed by atoms with E-state index in [1.165, 1.54) is 16.7 Å². The van der Waals surface area contributed by atoms with Gasteiger partial charge in [0.05, 0.1) is 6.54 Å². The van der Waals surface area contributed by atoms with Gasteiger partial charge in [-0.3, -0.25) is 23.8 Å². The third-order valence-corrected chi connectivity index (χ3v) is 6.62. The van der Waals surface area contributed by atoms with Crippen LogP contribution in [0.4, 0.5) is 10.3 Å². The minimum atomic E-state index is -0.514. The lowest BCUT2D eigenvalue weighted by molar-refractivity contribution is 0.248. The number of hydrogen-bond acceptors (Lipinski definition) is 5. The molecule has 0 aliphatic carbocycles. The van der Waals surface area contributed by atoms with Gasteiger partial charge in [-0.2, -0.15) is 4.98 Å². The highest BCUT2D eigenvalue weighted by atomic mass is 35.5. The lowest BCUT2D eigenvalue weighted by Crippen LogP contribution is -2.47. The average Bonchev–Trinajstić information content (AvgIpc) is 3.21. The Bertz CT molecular complexity index is 1450. The van der Waals surface area contributed by atoms with Crippen molar-refractivity contribution in [1.29, 1.82) is 0 Å². The molecular formula is C24H24ClFN6O2. The molecule has 3 heterocycles. The number of nitrogens with zero attached hydrogens (tertiary/aromatic N) is 5. The molecule has 1 aliphatic heterocycles. The molecule has 0 spiro atoms. The van der Waals surface area contributed by atoms with Crippen LogP contribution in [-0.2, 0) is 20.1 Å². The Morgan fingerprint density at radius 2 is 1.71 bits per heavy atom. The zero-order chi connectivity index (χ0) is 23.8. The number of fused-ring (bicyclic) bond motifs is 1. The number of imidazole rings is 1. The second kappa shape index (κ2) is 9.08. The smallest absolute Gasteiger partial charge is 0.329 e. The lowest BCUT2D eigenvalue weighted by atomic mass is 10.2. The molecule has 1 N–H and O–H groups in total. The van der Waals surface area contributed by atoms with Crippen molar-refractivity contribution in [3.05, 3.63) is 91.3 Å². The molecule has 0 radical (unpaired) electrons. The molecule has 10 heteroatoms. The number of aromatic amines is 1. The van der Waals surface area contributed by atoms with Crippen molar-refractivity contribution in [3.63, 3.8) is 0 Å². The Hall–Kier alpha value is -3.43. The molecule has 1 saturated heterocycles. The van der Waals surface area contributed by atoms with E-state index >= 15 is 0 Å². The number of rotatable bonds is 5. The molecule has 4 aromatic rings. The molecule has 176 valence electrons. The Morgan fingerprint density at radius 1 is 1.00 bits per heavy atom. The van der Waals surface area contributed by atoms with Crippen molar-refractivity contribution in [2.75, 3.05) is 31.1 Å². The van der Waals surface area contributed by atoms with Crippen LogP contribution in [0.1, 0.15) is 11.1 Å².